The van der Waals surface area contributed by atoms with Crippen molar-refractivity contribution in [2.45, 2.75) is 32.0 Å². The third-order valence-electron chi connectivity index (χ3n) is 4.02. The molecule has 8 nitrogen and oxygen atoms in total. The maximum absolute atomic E-state index is 14.8. The SMILES string of the molecule is CCOc1c(C2(C)OCCO2)cc(Cl)c(F)c1C(CC(=O)O)C[N+](=O)[O-]. The minimum absolute atomic E-state index is 0.0353. The lowest BCUT2D eigenvalue weighted by molar-refractivity contribution is -0.483. The van der Waals surface area contributed by atoms with Crippen molar-refractivity contribution < 1.29 is 33.4 Å². The fourth-order valence-electron chi connectivity index (χ4n) is 2.95. The topological polar surface area (TPSA) is 108 Å². The number of benzene rings is 1. The van der Waals surface area contributed by atoms with Crippen LogP contribution in [0.25, 0.3) is 0 Å². The summed E-state index contributed by atoms with van der Waals surface area (Å²) in [5.41, 5.74) is 0.00533. The van der Waals surface area contributed by atoms with E-state index in [0.717, 1.165) is 0 Å². The smallest absolute Gasteiger partial charge is 0.304 e. The van der Waals surface area contributed by atoms with Gasteiger partial charge in [0.1, 0.15) is 11.6 Å². The van der Waals surface area contributed by atoms with Crippen molar-refractivity contribution >= 4 is 17.6 Å². The highest BCUT2D eigenvalue weighted by molar-refractivity contribution is 6.31. The lowest BCUT2D eigenvalue weighted by Crippen LogP contribution is -2.26. The normalized spacial score (nSPS) is 17.1. The minimum Gasteiger partial charge on any atom is -0.493 e. The van der Waals surface area contributed by atoms with Crippen LogP contribution >= 0.6 is 11.6 Å². The molecule has 0 aromatic heterocycles. The van der Waals surface area contributed by atoms with Crippen molar-refractivity contribution in [2.75, 3.05) is 26.4 Å². The molecule has 1 heterocycles. The molecule has 2 rings (SSSR count). The summed E-state index contributed by atoms with van der Waals surface area (Å²) >= 11 is 5.99. The van der Waals surface area contributed by atoms with Gasteiger partial charge in [-0.05, 0) is 19.9 Å². The van der Waals surface area contributed by atoms with E-state index in [4.69, 9.17) is 30.9 Å². The number of nitro groups is 1. The van der Waals surface area contributed by atoms with Gasteiger partial charge in [-0.3, -0.25) is 14.9 Å². The maximum Gasteiger partial charge on any atom is 0.304 e. The Kier molecular flexibility index (Phi) is 6.38. The predicted molar refractivity (Wildman–Crippen MR) is 88.7 cm³/mol. The molecular formula is C16H19ClFNO7. The Balaban J connectivity index is 2.70. The Hall–Kier alpha value is -1.97. The van der Waals surface area contributed by atoms with Gasteiger partial charge in [0.15, 0.2) is 5.79 Å². The summed E-state index contributed by atoms with van der Waals surface area (Å²) in [6.45, 7) is 3.16. The lowest BCUT2D eigenvalue weighted by Gasteiger charge is -2.28. The molecule has 26 heavy (non-hydrogen) atoms. The molecule has 1 aliphatic rings. The summed E-state index contributed by atoms with van der Waals surface area (Å²) in [6, 6.07) is 1.28. The Morgan fingerprint density at radius 2 is 2.15 bits per heavy atom. The Morgan fingerprint density at radius 3 is 2.65 bits per heavy atom. The average molecular weight is 392 g/mol. The van der Waals surface area contributed by atoms with E-state index in [-0.39, 0.29) is 28.5 Å². The third-order valence-corrected chi connectivity index (χ3v) is 4.30. The molecular weight excluding hydrogens is 373 g/mol. The van der Waals surface area contributed by atoms with Crippen LogP contribution in [-0.4, -0.2) is 42.4 Å². The van der Waals surface area contributed by atoms with Gasteiger partial charge in [-0.1, -0.05) is 11.6 Å². The van der Waals surface area contributed by atoms with Gasteiger partial charge < -0.3 is 19.3 Å². The number of halogens is 2. The minimum atomic E-state index is -1.31. The van der Waals surface area contributed by atoms with Crippen molar-refractivity contribution in [2.24, 2.45) is 0 Å². The van der Waals surface area contributed by atoms with Gasteiger partial charge in [0.25, 0.3) is 0 Å². The summed E-state index contributed by atoms with van der Waals surface area (Å²) in [4.78, 5) is 21.5. The molecule has 1 aromatic carbocycles. The van der Waals surface area contributed by atoms with Gasteiger partial charge in [-0.25, -0.2) is 4.39 Å². The van der Waals surface area contributed by atoms with E-state index in [0.29, 0.717) is 13.2 Å². The summed E-state index contributed by atoms with van der Waals surface area (Å²) in [5, 5.41) is 19.8. The van der Waals surface area contributed by atoms with E-state index in [1.54, 1.807) is 13.8 Å². The predicted octanol–water partition coefficient (Wildman–Crippen LogP) is 2.93. The van der Waals surface area contributed by atoms with E-state index in [2.05, 4.69) is 0 Å². The van der Waals surface area contributed by atoms with Crippen molar-refractivity contribution in [3.63, 3.8) is 0 Å². The highest BCUT2D eigenvalue weighted by Crippen LogP contribution is 2.45. The molecule has 0 spiro atoms. The van der Waals surface area contributed by atoms with Crippen LogP contribution in [0.15, 0.2) is 6.07 Å². The van der Waals surface area contributed by atoms with E-state index < -0.39 is 41.4 Å². The molecule has 1 saturated heterocycles. The third kappa shape index (κ3) is 4.22. The first-order chi connectivity index (χ1) is 12.2. The van der Waals surface area contributed by atoms with Crippen LogP contribution in [0.1, 0.15) is 37.3 Å². The summed E-state index contributed by atoms with van der Waals surface area (Å²) in [6.07, 6.45) is -0.657. The van der Waals surface area contributed by atoms with Crippen LogP contribution in [-0.2, 0) is 20.1 Å². The number of ether oxygens (including phenoxy) is 3. The zero-order valence-electron chi connectivity index (χ0n) is 14.3. The Bertz CT molecular complexity index is 690. The molecule has 1 unspecified atom stereocenters. The Labute approximate surface area is 153 Å². The number of hydrogen-bond acceptors (Lipinski definition) is 6. The fraction of sp³-hybridized carbons (Fsp3) is 0.562. The van der Waals surface area contributed by atoms with Gasteiger partial charge in [-0.15, -0.1) is 0 Å². The molecule has 1 atom stereocenters. The highest BCUT2D eigenvalue weighted by Gasteiger charge is 2.40. The molecule has 144 valence electrons. The fourth-order valence-corrected chi connectivity index (χ4v) is 3.16. The number of aliphatic carboxylic acids is 1. The van der Waals surface area contributed by atoms with Gasteiger partial charge in [0.05, 0.1) is 42.7 Å². The largest absolute Gasteiger partial charge is 0.493 e. The molecule has 1 fully saturated rings. The molecule has 0 saturated carbocycles. The second-order valence-electron chi connectivity index (χ2n) is 5.85. The van der Waals surface area contributed by atoms with E-state index in [1.807, 2.05) is 0 Å². The van der Waals surface area contributed by atoms with Crippen molar-refractivity contribution in [1.29, 1.82) is 0 Å². The monoisotopic (exact) mass is 391 g/mol. The van der Waals surface area contributed by atoms with E-state index in [1.165, 1.54) is 6.07 Å². The number of rotatable bonds is 8. The van der Waals surface area contributed by atoms with Crippen LogP contribution in [0.4, 0.5) is 4.39 Å². The number of carboxylic acid groups (broad SMARTS) is 1. The standard InChI is InChI=1S/C16H19ClFNO7/c1-3-24-15-10(16(2)25-4-5-26-16)7-11(17)14(18)13(15)9(6-12(20)21)8-19(22)23/h7,9H,3-6,8H2,1-2H3,(H,20,21). The molecule has 0 amide bonds. The number of carboxylic acids is 1. The highest BCUT2D eigenvalue weighted by atomic mass is 35.5. The van der Waals surface area contributed by atoms with Gasteiger partial charge in [0, 0.05) is 10.5 Å². The summed E-state index contributed by atoms with van der Waals surface area (Å²) < 4.78 is 31.5. The quantitative estimate of drug-likeness (QED) is 0.536. The second kappa shape index (κ2) is 8.15. The molecule has 0 aliphatic carbocycles. The number of carbonyl (C=O) groups is 1. The van der Waals surface area contributed by atoms with Gasteiger partial charge >= 0.3 is 5.97 Å². The zero-order chi connectivity index (χ0) is 19.5. The summed E-state index contributed by atoms with van der Waals surface area (Å²) in [7, 11) is 0. The van der Waals surface area contributed by atoms with Crippen LogP contribution in [0.3, 0.4) is 0 Å². The molecule has 1 aromatic rings. The summed E-state index contributed by atoms with van der Waals surface area (Å²) in [5.74, 6) is -4.84. The molecule has 1 aliphatic heterocycles. The first kappa shape index (κ1) is 20.3. The Morgan fingerprint density at radius 1 is 1.54 bits per heavy atom. The van der Waals surface area contributed by atoms with Crippen LogP contribution in [0, 0.1) is 15.9 Å². The van der Waals surface area contributed by atoms with Crippen LogP contribution in [0.5, 0.6) is 5.75 Å². The first-order valence-electron chi connectivity index (χ1n) is 7.96. The van der Waals surface area contributed by atoms with Crippen molar-refractivity contribution in [1.82, 2.24) is 0 Å². The van der Waals surface area contributed by atoms with E-state index in [9.17, 15) is 19.3 Å². The molecule has 0 bridgehead atoms. The average Bonchev–Trinajstić information content (AvgIpc) is 2.97. The van der Waals surface area contributed by atoms with Gasteiger partial charge in [-0.2, -0.15) is 0 Å². The van der Waals surface area contributed by atoms with Crippen LogP contribution in [0.2, 0.25) is 5.02 Å². The maximum atomic E-state index is 14.8. The molecule has 10 heteroatoms. The molecule has 0 radical (unpaired) electrons. The van der Waals surface area contributed by atoms with Crippen molar-refractivity contribution in [3.8, 4) is 5.75 Å². The number of hydrogen-bond donors (Lipinski definition) is 1. The second-order valence-corrected chi connectivity index (χ2v) is 6.26. The molecule has 1 N–H and O–H groups in total. The van der Waals surface area contributed by atoms with Crippen molar-refractivity contribution in [3.05, 3.63) is 38.1 Å². The lowest BCUT2D eigenvalue weighted by atomic mass is 9.90. The zero-order valence-corrected chi connectivity index (χ0v) is 15.0. The van der Waals surface area contributed by atoms with Crippen LogP contribution < -0.4 is 4.74 Å². The number of nitrogens with zero attached hydrogens (tertiary/aromatic N) is 1. The first-order valence-corrected chi connectivity index (χ1v) is 8.34. The van der Waals surface area contributed by atoms with Gasteiger partial charge in [0.2, 0.25) is 6.54 Å². The van der Waals surface area contributed by atoms with E-state index >= 15 is 0 Å².